The number of hydrogen-bond acceptors (Lipinski definition) is 2. The Morgan fingerprint density at radius 1 is 0.760 bits per heavy atom. The lowest BCUT2D eigenvalue weighted by molar-refractivity contribution is -0.137. The van der Waals surface area contributed by atoms with E-state index in [2.05, 4.69) is 19.1 Å². The van der Waals surface area contributed by atoms with Gasteiger partial charge in [0.1, 0.15) is 0 Å². The Morgan fingerprint density at radius 3 is 1.52 bits per heavy atom. The Hall–Kier alpha value is -0.680. The number of carboxylic acids is 1. The molecule has 0 aliphatic rings. The number of rotatable bonds is 15. The number of carboxylic acid groups (broad SMARTS) is 1. The van der Waals surface area contributed by atoms with Crippen molar-refractivity contribution in [3.63, 3.8) is 0 Å². The molecule has 25 heavy (non-hydrogen) atoms. The van der Waals surface area contributed by atoms with E-state index in [4.69, 9.17) is 24.4 Å². The fourth-order valence-electron chi connectivity index (χ4n) is 2.35. The van der Waals surface area contributed by atoms with Crippen LogP contribution in [0, 0.1) is 0 Å². The summed E-state index contributed by atoms with van der Waals surface area (Å²) in [5, 5.41) is 8.51. The third-order valence-electron chi connectivity index (χ3n) is 3.65. The Bertz CT molecular complexity index is 356. The molecule has 0 fully saturated rings. The maximum atomic E-state index is 10.3. The van der Waals surface area contributed by atoms with Gasteiger partial charge in [-0.15, -0.1) is 0 Å². The second-order valence-corrected chi connectivity index (χ2v) is 7.27. The lowest BCUT2D eigenvalue weighted by Crippen LogP contribution is -1.93. The molecule has 0 heterocycles. The van der Waals surface area contributed by atoms with Crippen LogP contribution in [0.25, 0.3) is 0 Å². The van der Waals surface area contributed by atoms with Crippen LogP contribution in [0.5, 0.6) is 0 Å². The molecule has 0 aromatic carbocycles. The standard InChI is InChI=1S/C18H34O2.H3O4P/c1-2-3-4-5-6-7-8-9-10-11-12-13-14-15-16-17-18(19)20;1-5(2,3)4/h9-10H,2-8,11-17H2,1H3,(H,19,20);(H3,1,2,3,4). The molecule has 0 spiro atoms. The molecule has 0 radical (unpaired) electrons. The minimum atomic E-state index is -4.64. The minimum absolute atomic E-state index is 0.332. The van der Waals surface area contributed by atoms with Crippen molar-refractivity contribution in [2.45, 2.75) is 96.8 Å². The van der Waals surface area contributed by atoms with E-state index in [1.54, 1.807) is 0 Å². The molecule has 0 unspecified atom stereocenters. The van der Waals surface area contributed by atoms with Gasteiger partial charge in [-0.2, -0.15) is 0 Å². The molecule has 0 aliphatic heterocycles. The molecule has 0 aromatic heterocycles. The monoisotopic (exact) mass is 380 g/mol. The smallest absolute Gasteiger partial charge is 0.466 e. The first-order valence-corrected chi connectivity index (χ1v) is 11.0. The average Bonchev–Trinajstić information content (AvgIpc) is 2.49. The van der Waals surface area contributed by atoms with Gasteiger partial charge in [-0.05, 0) is 32.1 Å². The number of aliphatic carboxylic acids is 1. The van der Waals surface area contributed by atoms with Gasteiger partial charge < -0.3 is 19.8 Å². The van der Waals surface area contributed by atoms with Crippen molar-refractivity contribution in [2.24, 2.45) is 0 Å². The van der Waals surface area contributed by atoms with Crippen LogP contribution in [-0.2, 0) is 9.36 Å². The topological polar surface area (TPSA) is 115 Å². The first kappa shape index (κ1) is 26.5. The fourth-order valence-corrected chi connectivity index (χ4v) is 2.35. The van der Waals surface area contributed by atoms with Crippen LogP contribution in [0.1, 0.15) is 96.8 Å². The lowest BCUT2D eigenvalue weighted by Gasteiger charge is -1.99. The van der Waals surface area contributed by atoms with Crippen molar-refractivity contribution < 1.29 is 29.1 Å². The summed E-state index contributed by atoms with van der Waals surface area (Å²) in [6.07, 6.45) is 21.2. The molecule has 4 N–H and O–H groups in total. The Kier molecular flexibility index (Phi) is 20.9. The third-order valence-corrected chi connectivity index (χ3v) is 3.65. The summed E-state index contributed by atoms with van der Waals surface area (Å²) in [4.78, 5) is 31.9. The molecule has 0 bridgehead atoms. The molecule has 0 amide bonds. The van der Waals surface area contributed by atoms with E-state index in [1.807, 2.05) is 0 Å². The number of allylic oxidation sites excluding steroid dienone is 2. The second-order valence-electron chi connectivity index (χ2n) is 6.24. The number of unbranched alkanes of at least 4 members (excludes halogenated alkanes) is 11. The van der Waals surface area contributed by atoms with Gasteiger partial charge in [-0.3, -0.25) is 4.79 Å². The predicted molar refractivity (Wildman–Crippen MR) is 101 cm³/mol. The zero-order valence-electron chi connectivity index (χ0n) is 15.6. The highest BCUT2D eigenvalue weighted by Crippen LogP contribution is 2.25. The van der Waals surface area contributed by atoms with Crippen molar-refractivity contribution in [2.75, 3.05) is 0 Å². The summed E-state index contributed by atoms with van der Waals surface area (Å²) in [6, 6.07) is 0. The highest BCUT2D eigenvalue weighted by Gasteiger charge is 2.00. The molecular formula is C18H37O6P. The van der Waals surface area contributed by atoms with Gasteiger partial charge in [0, 0.05) is 6.42 Å². The first-order valence-electron chi connectivity index (χ1n) is 9.42. The van der Waals surface area contributed by atoms with Crippen molar-refractivity contribution in [3.05, 3.63) is 12.2 Å². The lowest BCUT2D eigenvalue weighted by atomic mass is 10.1. The quantitative estimate of drug-likeness (QED) is 0.177. The van der Waals surface area contributed by atoms with Crippen molar-refractivity contribution in [1.82, 2.24) is 0 Å². The second kappa shape index (κ2) is 19.6. The van der Waals surface area contributed by atoms with E-state index in [-0.39, 0.29) is 0 Å². The fraction of sp³-hybridized carbons (Fsp3) is 0.833. The van der Waals surface area contributed by atoms with Crippen molar-refractivity contribution in [1.29, 1.82) is 0 Å². The molecule has 6 nitrogen and oxygen atoms in total. The number of phosphoric acid groups is 1. The molecule has 0 aliphatic carbocycles. The first-order chi connectivity index (χ1) is 11.8. The van der Waals surface area contributed by atoms with Gasteiger partial charge in [0.25, 0.3) is 0 Å². The maximum absolute atomic E-state index is 10.3. The van der Waals surface area contributed by atoms with Gasteiger partial charge >= 0.3 is 13.8 Å². The summed E-state index contributed by atoms with van der Waals surface area (Å²) in [5.74, 6) is -0.664. The van der Waals surface area contributed by atoms with E-state index in [0.717, 1.165) is 12.8 Å². The highest BCUT2D eigenvalue weighted by molar-refractivity contribution is 7.45. The van der Waals surface area contributed by atoms with E-state index in [1.165, 1.54) is 70.6 Å². The van der Waals surface area contributed by atoms with Crippen molar-refractivity contribution >= 4 is 13.8 Å². The van der Waals surface area contributed by atoms with Gasteiger partial charge in [0.15, 0.2) is 0 Å². The summed E-state index contributed by atoms with van der Waals surface area (Å²) in [7, 11) is -4.64. The maximum Gasteiger partial charge on any atom is 0.466 e. The molecule has 150 valence electrons. The highest BCUT2D eigenvalue weighted by atomic mass is 31.2. The van der Waals surface area contributed by atoms with Gasteiger partial charge in [0.05, 0.1) is 0 Å². The molecule has 0 atom stereocenters. The molecule has 0 aromatic rings. The van der Waals surface area contributed by atoms with E-state index < -0.39 is 13.8 Å². The summed E-state index contributed by atoms with van der Waals surface area (Å²) < 4.78 is 8.88. The van der Waals surface area contributed by atoms with E-state index in [0.29, 0.717) is 6.42 Å². The molecule has 0 saturated carbocycles. The molecule has 7 heteroatoms. The van der Waals surface area contributed by atoms with Crippen LogP contribution in [0.4, 0.5) is 0 Å². The van der Waals surface area contributed by atoms with E-state index in [9.17, 15) is 4.79 Å². The third kappa shape index (κ3) is 39.8. The van der Waals surface area contributed by atoms with E-state index >= 15 is 0 Å². The normalized spacial score (nSPS) is 11.4. The zero-order chi connectivity index (χ0) is 19.4. The Morgan fingerprint density at radius 2 is 1.12 bits per heavy atom. The van der Waals surface area contributed by atoms with Gasteiger partial charge in [-0.25, -0.2) is 4.57 Å². The summed E-state index contributed by atoms with van der Waals surface area (Å²) in [5.41, 5.74) is 0. The minimum Gasteiger partial charge on any atom is -0.481 e. The van der Waals surface area contributed by atoms with Crippen molar-refractivity contribution in [3.8, 4) is 0 Å². The SMILES string of the molecule is CCCCCCCCC=CCCCCCCCC(=O)O.O=P(O)(O)O. The Labute approximate surface area is 152 Å². The molecule has 0 rings (SSSR count). The average molecular weight is 380 g/mol. The number of hydrogen-bond donors (Lipinski definition) is 4. The van der Waals surface area contributed by atoms with Crippen LogP contribution in [-0.4, -0.2) is 25.8 Å². The van der Waals surface area contributed by atoms with Crippen LogP contribution in [0.3, 0.4) is 0 Å². The predicted octanol–water partition coefficient (Wildman–Crippen LogP) is 5.18. The van der Waals surface area contributed by atoms with Crippen LogP contribution in [0.15, 0.2) is 12.2 Å². The van der Waals surface area contributed by atoms with Crippen LogP contribution < -0.4 is 0 Å². The van der Waals surface area contributed by atoms with Crippen LogP contribution in [0.2, 0.25) is 0 Å². The largest absolute Gasteiger partial charge is 0.481 e. The van der Waals surface area contributed by atoms with Gasteiger partial charge in [0.2, 0.25) is 0 Å². The van der Waals surface area contributed by atoms with Gasteiger partial charge in [-0.1, -0.05) is 70.4 Å². The molecule has 0 saturated heterocycles. The summed E-state index contributed by atoms with van der Waals surface area (Å²) >= 11 is 0. The summed E-state index contributed by atoms with van der Waals surface area (Å²) in [6.45, 7) is 2.26. The number of carbonyl (C=O) groups is 1. The zero-order valence-corrected chi connectivity index (χ0v) is 16.5. The van der Waals surface area contributed by atoms with Crippen LogP contribution >= 0.6 is 7.82 Å². The Balaban J connectivity index is 0. The molecular weight excluding hydrogens is 343 g/mol.